The van der Waals surface area contributed by atoms with Crippen molar-refractivity contribution >= 4 is 11.8 Å². The molecule has 0 aliphatic rings. The molecular weight excluding hydrogens is 240 g/mol. The van der Waals surface area contributed by atoms with Gasteiger partial charge >= 0.3 is 0 Å². The van der Waals surface area contributed by atoms with E-state index in [4.69, 9.17) is 0 Å². The molecule has 2 aromatic rings. The van der Waals surface area contributed by atoms with Gasteiger partial charge < -0.3 is 5.32 Å². The summed E-state index contributed by atoms with van der Waals surface area (Å²) in [5.74, 6) is 0.971. The Balaban J connectivity index is 1.93. The number of nitrogens with one attached hydrogen (secondary N) is 1. The van der Waals surface area contributed by atoms with Crippen molar-refractivity contribution in [2.24, 2.45) is 0 Å². The molecule has 0 aliphatic carbocycles. The topological polar surface area (TPSA) is 24.9 Å². The highest BCUT2D eigenvalue weighted by molar-refractivity contribution is 7.98. The number of thioether (sulfide) groups is 1. The number of hydrogen-bond acceptors (Lipinski definition) is 3. The molecule has 0 bridgehead atoms. The minimum absolute atomic E-state index is 0.942. The van der Waals surface area contributed by atoms with Crippen LogP contribution in [0, 0.1) is 0 Å². The first kappa shape index (κ1) is 13.1. The summed E-state index contributed by atoms with van der Waals surface area (Å²) in [5, 5.41) is 3.35. The molecule has 1 aromatic heterocycles. The Morgan fingerprint density at radius 3 is 2.83 bits per heavy atom. The zero-order valence-electron chi connectivity index (χ0n) is 10.6. The van der Waals surface area contributed by atoms with Gasteiger partial charge in [-0.15, -0.1) is 11.8 Å². The Labute approximate surface area is 113 Å². The lowest BCUT2D eigenvalue weighted by Crippen LogP contribution is -2.11. The van der Waals surface area contributed by atoms with Gasteiger partial charge in [0, 0.05) is 29.6 Å². The Hall–Kier alpha value is -1.32. The van der Waals surface area contributed by atoms with Crippen molar-refractivity contribution in [1.82, 2.24) is 10.3 Å². The van der Waals surface area contributed by atoms with Crippen LogP contribution >= 0.6 is 11.8 Å². The van der Waals surface area contributed by atoms with Crippen molar-refractivity contribution in [3.8, 4) is 0 Å². The van der Waals surface area contributed by atoms with Crippen molar-refractivity contribution in [2.75, 3.05) is 6.54 Å². The molecule has 3 heteroatoms. The summed E-state index contributed by atoms with van der Waals surface area (Å²) in [6, 6.07) is 12.8. The monoisotopic (exact) mass is 258 g/mol. The van der Waals surface area contributed by atoms with Crippen LogP contribution in [0.15, 0.2) is 53.7 Å². The maximum Gasteiger partial charge on any atom is 0.0308 e. The van der Waals surface area contributed by atoms with Crippen LogP contribution in [0.5, 0.6) is 0 Å². The minimum atomic E-state index is 0.942. The molecule has 0 aliphatic heterocycles. The molecule has 2 rings (SSSR count). The maximum atomic E-state index is 4.13. The molecule has 1 N–H and O–H groups in total. The van der Waals surface area contributed by atoms with Crippen molar-refractivity contribution in [1.29, 1.82) is 0 Å². The molecule has 2 nitrogen and oxygen atoms in total. The number of hydrogen-bond donors (Lipinski definition) is 1. The molecule has 0 unspecified atom stereocenters. The Morgan fingerprint density at radius 2 is 2.06 bits per heavy atom. The molecular formula is C15H18N2S. The fourth-order valence-corrected chi connectivity index (χ4v) is 2.58. The van der Waals surface area contributed by atoms with Gasteiger partial charge in [-0.1, -0.05) is 25.1 Å². The van der Waals surface area contributed by atoms with Gasteiger partial charge in [-0.05, 0) is 35.9 Å². The van der Waals surface area contributed by atoms with Crippen LogP contribution in [-0.4, -0.2) is 11.5 Å². The summed E-state index contributed by atoms with van der Waals surface area (Å²) in [5.41, 5.74) is 2.60. The highest BCUT2D eigenvalue weighted by atomic mass is 32.2. The fourth-order valence-electron chi connectivity index (χ4n) is 1.66. The van der Waals surface area contributed by atoms with E-state index in [2.05, 4.69) is 47.6 Å². The largest absolute Gasteiger partial charge is 0.313 e. The number of nitrogens with zero attached hydrogens (tertiary/aromatic N) is 1. The number of aromatic nitrogens is 1. The zero-order valence-corrected chi connectivity index (χ0v) is 11.4. The maximum absolute atomic E-state index is 4.13. The van der Waals surface area contributed by atoms with E-state index in [-0.39, 0.29) is 0 Å². The van der Waals surface area contributed by atoms with Gasteiger partial charge in [-0.3, -0.25) is 4.98 Å². The van der Waals surface area contributed by atoms with Crippen LogP contribution in [0.2, 0.25) is 0 Å². The van der Waals surface area contributed by atoms with Gasteiger partial charge in [0.05, 0.1) is 0 Å². The number of pyridine rings is 1. The summed E-state index contributed by atoms with van der Waals surface area (Å²) in [7, 11) is 0. The predicted molar refractivity (Wildman–Crippen MR) is 77.6 cm³/mol. The molecule has 1 heterocycles. The second-order valence-electron chi connectivity index (χ2n) is 4.08. The zero-order chi connectivity index (χ0) is 12.6. The molecule has 18 heavy (non-hydrogen) atoms. The quantitative estimate of drug-likeness (QED) is 0.803. The third kappa shape index (κ3) is 4.17. The average molecular weight is 258 g/mol. The summed E-state index contributed by atoms with van der Waals surface area (Å²) in [4.78, 5) is 5.45. The lowest BCUT2D eigenvalue weighted by atomic mass is 10.2. The fraction of sp³-hybridized carbons (Fsp3) is 0.267. The first-order valence-corrected chi connectivity index (χ1v) is 7.18. The van der Waals surface area contributed by atoms with Gasteiger partial charge in [0.25, 0.3) is 0 Å². The molecule has 0 fully saturated rings. The van der Waals surface area contributed by atoms with E-state index in [0.717, 1.165) is 18.8 Å². The van der Waals surface area contributed by atoms with Gasteiger partial charge in [-0.25, -0.2) is 0 Å². The molecule has 0 radical (unpaired) electrons. The van der Waals surface area contributed by atoms with Gasteiger partial charge in [0.15, 0.2) is 0 Å². The van der Waals surface area contributed by atoms with E-state index in [9.17, 15) is 0 Å². The minimum Gasteiger partial charge on any atom is -0.313 e. The molecule has 0 saturated heterocycles. The van der Waals surface area contributed by atoms with Crippen molar-refractivity contribution in [2.45, 2.75) is 24.1 Å². The summed E-state index contributed by atoms with van der Waals surface area (Å²) >= 11 is 1.85. The highest BCUT2D eigenvalue weighted by Gasteiger charge is 1.98. The van der Waals surface area contributed by atoms with Crippen LogP contribution < -0.4 is 5.32 Å². The summed E-state index contributed by atoms with van der Waals surface area (Å²) in [6.07, 6.45) is 3.74. The van der Waals surface area contributed by atoms with Crippen LogP contribution in [0.4, 0.5) is 0 Å². The van der Waals surface area contributed by atoms with Gasteiger partial charge in [0.2, 0.25) is 0 Å². The molecule has 0 amide bonds. The van der Waals surface area contributed by atoms with Crippen LogP contribution in [0.3, 0.4) is 0 Å². The van der Waals surface area contributed by atoms with Crippen molar-refractivity contribution < 1.29 is 0 Å². The Bertz CT molecular complexity index is 471. The summed E-state index contributed by atoms with van der Waals surface area (Å²) in [6.45, 7) is 4.08. The van der Waals surface area contributed by atoms with E-state index in [1.807, 2.05) is 30.2 Å². The molecule has 94 valence electrons. The number of benzene rings is 1. The van der Waals surface area contributed by atoms with E-state index < -0.39 is 0 Å². The summed E-state index contributed by atoms with van der Waals surface area (Å²) < 4.78 is 0. The van der Waals surface area contributed by atoms with Crippen molar-refractivity contribution in [3.63, 3.8) is 0 Å². The normalized spacial score (nSPS) is 10.5. The first-order chi connectivity index (χ1) is 8.88. The SMILES string of the molecule is CCNCc1cccc(SCc2cccnc2)c1. The first-order valence-electron chi connectivity index (χ1n) is 6.20. The molecule has 0 atom stereocenters. The second kappa shape index (κ2) is 7.19. The van der Waals surface area contributed by atoms with Gasteiger partial charge in [0.1, 0.15) is 0 Å². The Morgan fingerprint density at radius 1 is 1.17 bits per heavy atom. The standard InChI is InChI=1S/C15H18N2S/c1-2-16-10-13-5-3-7-15(9-13)18-12-14-6-4-8-17-11-14/h3-9,11,16H,2,10,12H2,1H3. The van der Waals surface area contributed by atoms with Gasteiger partial charge in [-0.2, -0.15) is 0 Å². The lowest BCUT2D eigenvalue weighted by molar-refractivity contribution is 0.725. The highest BCUT2D eigenvalue weighted by Crippen LogP contribution is 2.23. The van der Waals surface area contributed by atoms with E-state index in [0.29, 0.717) is 0 Å². The Kier molecular flexibility index (Phi) is 5.24. The van der Waals surface area contributed by atoms with E-state index >= 15 is 0 Å². The number of rotatable bonds is 6. The predicted octanol–water partition coefficient (Wildman–Crippen LogP) is 3.48. The molecule has 0 spiro atoms. The average Bonchev–Trinajstić information content (AvgIpc) is 2.44. The molecule has 0 saturated carbocycles. The van der Waals surface area contributed by atoms with Crippen LogP contribution in [0.1, 0.15) is 18.1 Å². The van der Waals surface area contributed by atoms with E-state index in [1.54, 1.807) is 0 Å². The van der Waals surface area contributed by atoms with Crippen LogP contribution in [0.25, 0.3) is 0 Å². The van der Waals surface area contributed by atoms with Crippen molar-refractivity contribution in [3.05, 3.63) is 59.9 Å². The third-order valence-electron chi connectivity index (χ3n) is 2.61. The second-order valence-corrected chi connectivity index (χ2v) is 5.13. The van der Waals surface area contributed by atoms with Crippen LogP contribution in [-0.2, 0) is 12.3 Å². The lowest BCUT2D eigenvalue weighted by Gasteiger charge is -2.05. The van der Waals surface area contributed by atoms with E-state index in [1.165, 1.54) is 16.0 Å². The third-order valence-corrected chi connectivity index (χ3v) is 3.67. The smallest absolute Gasteiger partial charge is 0.0308 e. The molecule has 1 aromatic carbocycles.